The van der Waals surface area contributed by atoms with Gasteiger partial charge in [0.15, 0.2) is 0 Å². The maximum atomic E-state index is 4.97. The molecule has 0 aromatic heterocycles. The van der Waals surface area contributed by atoms with Gasteiger partial charge in [-0.1, -0.05) is 17.7 Å². The van der Waals surface area contributed by atoms with Gasteiger partial charge in [-0.25, -0.2) is 0 Å². The Hall–Kier alpha value is -0.470. The van der Waals surface area contributed by atoms with Crippen LogP contribution in [-0.2, 0) is 4.74 Å². The molecule has 12 heavy (non-hydrogen) atoms. The number of methoxy groups -OCH3 is 1. The Labute approximate surface area is 78.1 Å². The Morgan fingerprint density at radius 2 is 2.25 bits per heavy atom. The van der Waals surface area contributed by atoms with E-state index in [1.807, 2.05) is 11.8 Å². The molecule has 0 spiro atoms. The lowest BCUT2D eigenvalue weighted by molar-refractivity contribution is 0.218. The second-order valence-corrected chi connectivity index (χ2v) is 3.83. The van der Waals surface area contributed by atoms with Crippen molar-refractivity contribution in [1.29, 1.82) is 0 Å². The van der Waals surface area contributed by atoms with Gasteiger partial charge in [0.2, 0.25) is 0 Å². The van der Waals surface area contributed by atoms with Crippen LogP contribution in [0.1, 0.15) is 5.56 Å². The number of hydrogen-bond donors (Lipinski definition) is 0. The average Bonchev–Trinajstić information content (AvgIpc) is 2.05. The van der Waals surface area contributed by atoms with Crippen molar-refractivity contribution in [3.8, 4) is 0 Å². The van der Waals surface area contributed by atoms with Crippen LogP contribution in [0.2, 0.25) is 0 Å². The van der Waals surface area contributed by atoms with Gasteiger partial charge in [0.1, 0.15) is 0 Å². The molecule has 1 aromatic carbocycles. The molecule has 1 nitrogen and oxygen atoms in total. The third kappa shape index (κ3) is 3.28. The summed E-state index contributed by atoms with van der Waals surface area (Å²) in [6.07, 6.45) is 0. The van der Waals surface area contributed by atoms with Crippen molar-refractivity contribution in [2.45, 2.75) is 11.8 Å². The fourth-order valence-electron chi connectivity index (χ4n) is 0.948. The minimum absolute atomic E-state index is 0.818. The number of thioether (sulfide) groups is 1. The standard InChI is InChI=1S/C10H14OS/c1-9-4-3-5-10(8-9)12-7-6-11-2/h3-5,8H,6-7H2,1-2H3. The lowest BCUT2D eigenvalue weighted by atomic mass is 10.2. The molecule has 0 fully saturated rings. The molecule has 0 amide bonds. The van der Waals surface area contributed by atoms with Crippen molar-refractivity contribution >= 4 is 11.8 Å². The smallest absolute Gasteiger partial charge is 0.0556 e. The number of hydrogen-bond acceptors (Lipinski definition) is 2. The highest BCUT2D eigenvalue weighted by Crippen LogP contribution is 2.18. The van der Waals surface area contributed by atoms with Crippen LogP contribution in [-0.4, -0.2) is 19.5 Å². The average molecular weight is 182 g/mol. The van der Waals surface area contributed by atoms with Gasteiger partial charge in [0, 0.05) is 17.8 Å². The predicted octanol–water partition coefficient (Wildman–Crippen LogP) is 2.73. The summed E-state index contributed by atoms with van der Waals surface area (Å²) in [6, 6.07) is 8.53. The van der Waals surface area contributed by atoms with E-state index in [4.69, 9.17) is 4.74 Å². The van der Waals surface area contributed by atoms with Crippen LogP contribution in [0.3, 0.4) is 0 Å². The van der Waals surface area contributed by atoms with Gasteiger partial charge in [-0.15, -0.1) is 11.8 Å². The van der Waals surface area contributed by atoms with Gasteiger partial charge in [0.05, 0.1) is 6.61 Å². The predicted molar refractivity (Wildman–Crippen MR) is 53.8 cm³/mol. The quantitative estimate of drug-likeness (QED) is 0.523. The van der Waals surface area contributed by atoms with Crippen LogP contribution < -0.4 is 0 Å². The molecular weight excluding hydrogens is 168 g/mol. The van der Waals surface area contributed by atoms with Crippen LogP contribution >= 0.6 is 11.8 Å². The second-order valence-electron chi connectivity index (χ2n) is 2.66. The van der Waals surface area contributed by atoms with Gasteiger partial charge < -0.3 is 4.74 Å². The van der Waals surface area contributed by atoms with Gasteiger partial charge in [-0.3, -0.25) is 0 Å². The molecule has 66 valence electrons. The highest BCUT2D eigenvalue weighted by atomic mass is 32.2. The fraction of sp³-hybridized carbons (Fsp3) is 0.400. The Morgan fingerprint density at radius 3 is 2.92 bits per heavy atom. The van der Waals surface area contributed by atoms with Gasteiger partial charge in [0.25, 0.3) is 0 Å². The molecule has 0 unspecified atom stereocenters. The van der Waals surface area contributed by atoms with E-state index in [9.17, 15) is 0 Å². The Balaban J connectivity index is 2.41. The lowest BCUT2D eigenvalue weighted by Gasteiger charge is -2.01. The first-order chi connectivity index (χ1) is 5.83. The third-order valence-corrected chi connectivity index (χ3v) is 2.50. The van der Waals surface area contributed by atoms with E-state index in [1.54, 1.807) is 7.11 Å². The van der Waals surface area contributed by atoms with Crippen molar-refractivity contribution in [2.24, 2.45) is 0 Å². The van der Waals surface area contributed by atoms with Crippen LogP contribution in [0.25, 0.3) is 0 Å². The minimum atomic E-state index is 0.818. The first kappa shape index (κ1) is 9.62. The van der Waals surface area contributed by atoms with E-state index < -0.39 is 0 Å². The van der Waals surface area contributed by atoms with Gasteiger partial charge in [-0.05, 0) is 19.1 Å². The molecule has 2 heteroatoms. The zero-order valence-electron chi connectivity index (χ0n) is 7.54. The van der Waals surface area contributed by atoms with Crippen LogP contribution in [0.15, 0.2) is 29.2 Å². The van der Waals surface area contributed by atoms with Gasteiger partial charge >= 0.3 is 0 Å². The maximum Gasteiger partial charge on any atom is 0.0556 e. The van der Waals surface area contributed by atoms with Crippen molar-refractivity contribution in [1.82, 2.24) is 0 Å². The van der Waals surface area contributed by atoms with E-state index >= 15 is 0 Å². The summed E-state index contributed by atoms with van der Waals surface area (Å²) in [4.78, 5) is 1.33. The first-order valence-corrected chi connectivity index (χ1v) is 5.00. The van der Waals surface area contributed by atoms with Gasteiger partial charge in [-0.2, -0.15) is 0 Å². The summed E-state index contributed by atoms with van der Waals surface area (Å²) >= 11 is 1.83. The molecule has 0 N–H and O–H groups in total. The topological polar surface area (TPSA) is 9.23 Å². The molecule has 0 aliphatic carbocycles. The molecule has 0 aliphatic rings. The van der Waals surface area contributed by atoms with Crippen molar-refractivity contribution < 1.29 is 4.74 Å². The molecule has 0 heterocycles. The largest absolute Gasteiger partial charge is 0.384 e. The van der Waals surface area contributed by atoms with Crippen molar-refractivity contribution in [3.05, 3.63) is 29.8 Å². The van der Waals surface area contributed by atoms with E-state index in [1.165, 1.54) is 10.5 Å². The normalized spacial score (nSPS) is 10.2. The molecule has 0 atom stereocenters. The summed E-state index contributed by atoms with van der Waals surface area (Å²) < 4.78 is 4.97. The van der Waals surface area contributed by atoms with Crippen LogP contribution in [0.4, 0.5) is 0 Å². The van der Waals surface area contributed by atoms with Crippen LogP contribution in [0, 0.1) is 6.92 Å². The molecule has 1 aromatic rings. The second kappa shape index (κ2) is 5.22. The minimum Gasteiger partial charge on any atom is -0.384 e. The number of rotatable bonds is 4. The molecule has 0 saturated heterocycles. The molecule has 0 aliphatic heterocycles. The monoisotopic (exact) mass is 182 g/mol. The Kier molecular flexibility index (Phi) is 4.19. The summed E-state index contributed by atoms with van der Waals surface area (Å²) in [5.74, 6) is 1.03. The highest BCUT2D eigenvalue weighted by Gasteiger charge is 1.92. The number of ether oxygens (including phenoxy) is 1. The molecule has 1 rings (SSSR count). The Morgan fingerprint density at radius 1 is 1.42 bits per heavy atom. The fourth-order valence-corrected chi connectivity index (χ4v) is 1.88. The zero-order valence-corrected chi connectivity index (χ0v) is 8.36. The van der Waals surface area contributed by atoms with E-state index in [2.05, 4.69) is 31.2 Å². The molecule has 0 bridgehead atoms. The lowest BCUT2D eigenvalue weighted by Crippen LogP contribution is -1.90. The summed E-state index contributed by atoms with van der Waals surface area (Å²) in [5, 5.41) is 0. The highest BCUT2D eigenvalue weighted by molar-refractivity contribution is 7.99. The molecule has 0 saturated carbocycles. The summed E-state index contributed by atoms with van der Waals surface area (Å²) in [7, 11) is 1.73. The first-order valence-electron chi connectivity index (χ1n) is 4.01. The number of aryl methyl sites for hydroxylation is 1. The zero-order chi connectivity index (χ0) is 8.81. The van der Waals surface area contributed by atoms with Crippen LogP contribution in [0.5, 0.6) is 0 Å². The number of benzene rings is 1. The summed E-state index contributed by atoms with van der Waals surface area (Å²) in [5.41, 5.74) is 1.32. The van der Waals surface area contributed by atoms with E-state index in [0.29, 0.717) is 0 Å². The van der Waals surface area contributed by atoms with E-state index in [0.717, 1.165) is 12.4 Å². The maximum absolute atomic E-state index is 4.97. The molecular formula is C10H14OS. The molecule has 0 radical (unpaired) electrons. The summed E-state index contributed by atoms with van der Waals surface area (Å²) in [6.45, 7) is 2.93. The van der Waals surface area contributed by atoms with E-state index in [-0.39, 0.29) is 0 Å². The Bertz CT molecular complexity index is 235. The third-order valence-electron chi connectivity index (χ3n) is 1.55. The van der Waals surface area contributed by atoms with Crippen molar-refractivity contribution in [2.75, 3.05) is 19.5 Å². The van der Waals surface area contributed by atoms with Crippen molar-refractivity contribution in [3.63, 3.8) is 0 Å². The SMILES string of the molecule is COCCSc1cccc(C)c1.